The molecule has 2 aromatic carbocycles. The number of pyridine rings is 1. The summed E-state index contributed by atoms with van der Waals surface area (Å²) in [5.41, 5.74) is 4.92. The average Bonchev–Trinajstić information content (AvgIpc) is 3.60. The zero-order valence-corrected chi connectivity index (χ0v) is 17.8. The summed E-state index contributed by atoms with van der Waals surface area (Å²) in [5.74, 6) is -0.0850. The van der Waals surface area contributed by atoms with E-state index < -0.39 is 5.82 Å². The number of aromatic nitrogens is 3. The Labute approximate surface area is 189 Å². The van der Waals surface area contributed by atoms with Crippen LogP contribution in [0.2, 0.25) is 0 Å². The van der Waals surface area contributed by atoms with E-state index in [-0.39, 0.29) is 11.9 Å². The number of benzene rings is 2. The maximum atomic E-state index is 14.5. The lowest BCUT2D eigenvalue weighted by atomic mass is 10.0. The van der Waals surface area contributed by atoms with Crippen LogP contribution in [-0.4, -0.2) is 26.8 Å². The fourth-order valence-electron chi connectivity index (χ4n) is 4.75. The Hall–Kier alpha value is -3.87. The minimum absolute atomic E-state index is 0.252. The summed E-state index contributed by atoms with van der Waals surface area (Å²) in [7, 11) is 0. The Kier molecular flexibility index (Phi) is 4.75. The molecule has 1 unspecified atom stereocenters. The van der Waals surface area contributed by atoms with Crippen molar-refractivity contribution in [1.29, 1.82) is 0 Å². The third kappa shape index (κ3) is 3.50. The highest BCUT2D eigenvalue weighted by Gasteiger charge is 2.30. The summed E-state index contributed by atoms with van der Waals surface area (Å²) < 4.78 is 30.3. The fourth-order valence-corrected chi connectivity index (χ4v) is 4.75. The molecule has 164 valence electrons. The fraction of sp³-hybridized carbons (Fsp3) is 0.192. The second-order valence-corrected chi connectivity index (χ2v) is 8.36. The van der Waals surface area contributed by atoms with Crippen LogP contribution in [0.5, 0.6) is 0 Å². The number of nitrogens with zero attached hydrogens (tertiary/aromatic N) is 5. The maximum Gasteiger partial charge on any atom is 0.166 e. The van der Waals surface area contributed by atoms with Gasteiger partial charge in [-0.2, -0.15) is 0 Å². The molecule has 6 rings (SSSR count). The molecule has 0 bridgehead atoms. The van der Waals surface area contributed by atoms with E-state index in [1.54, 1.807) is 6.33 Å². The van der Waals surface area contributed by atoms with Gasteiger partial charge >= 0.3 is 0 Å². The van der Waals surface area contributed by atoms with Crippen LogP contribution in [0.4, 0.5) is 14.6 Å². The molecular weight excluding hydrogens is 420 g/mol. The second kappa shape index (κ2) is 7.92. The van der Waals surface area contributed by atoms with Crippen LogP contribution in [0, 0.1) is 11.6 Å². The quantitative estimate of drug-likeness (QED) is 0.405. The van der Waals surface area contributed by atoms with Gasteiger partial charge in [0.25, 0.3) is 0 Å². The van der Waals surface area contributed by atoms with Gasteiger partial charge in [-0.1, -0.05) is 18.2 Å². The number of imidazole rings is 1. The molecule has 1 saturated heterocycles. The van der Waals surface area contributed by atoms with Crippen LogP contribution in [0.15, 0.2) is 78.2 Å². The summed E-state index contributed by atoms with van der Waals surface area (Å²) in [5, 5.41) is 0. The summed E-state index contributed by atoms with van der Waals surface area (Å²) in [6, 6.07) is 15.4. The summed E-state index contributed by atoms with van der Waals surface area (Å²) in [4.78, 5) is 15.9. The highest BCUT2D eigenvalue weighted by atomic mass is 19.1. The van der Waals surface area contributed by atoms with Gasteiger partial charge in [0.15, 0.2) is 5.65 Å². The van der Waals surface area contributed by atoms with Crippen molar-refractivity contribution in [3.8, 4) is 5.69 Å². The molecule has 7 heteroatoms. The highest BCUT2D eigenvalue weighted by molar-refractivity contribution is 6.03. The van der Waals surface area contributed by atoms with Gasteiger partial charge in [0.05, 0.1) is 11.8 Å². The van der Waals surface area contributed by atoms with Crippen molar-refractivity contribution in [2.24, 2.45) is 4.99 Å². The predicted octanol–water partition coefficient (Wildman–Crippen LogP) is 5.75. The molecule has 2 aliphatic rings. The van der Waals surface area contributed by atoms with Gasteiger partial charge in [0.2, 0.25) is 0 Å². The van der Waals surface area contributed by atoms with Crippen LogP contribution in [0.1, 0.15) is 36.4 Å². The highest BCUT2D eigenvalue weighted by Crippen LogP contribution is 2.37. The molecule has 33 heavy (non-hydrogen) atoms. The molecule has 1 atom stereocenters. The summed E-state index contributed by atoms with van der Waals surface area (Å²) in [6.07, 6.45) is 8.09. The zero-order chi connectivity index (χ0) is 22.4. The molecular formula is C26H21F2N5. The molecule has 2 aromatic heterocycles. The number of allylic oxidation sites excluding steroid dienone is 1. The Morgan fingerprint density at radius 3 is 2.82 bits per heavy atom. The third-order valence-electron chi connectivity index (χ3n) is 6.35. The number of anilines is 1. The monoisotopic (exact) mass is 441 g/mol. The minimum Gasteiger partial charge on any atom is -0.349 e. The molecule has 5 nitrogen and oxygen atoms in total. The van der Waals surface area contributed by atoms with Crippen LogP contribution >= 0.6 is 0 Å². The van der Waals surface area contributed by atoms with E-state index in [2.05, 4.69) is 27.0 Å². The van der Waals surface area contributed by atoms with E-state index in [0.717, 1.165) is 65.8 Å². The minimum atomic E-state index is -0.429. The molecule has 2 aliphatic heterocycles. The topological polar surface area (TPSA) is 46.3 Å². The van der Waals surface area contributed by atoms with Crippen molar-refractivity contribution in [3.63, 3.8) is 0 Å². The number of hydrogen-bond acceptors (Lipinski definition) is 4. The van der Waals surface area contributed by atoms with E-state index in [9.17, 15) is 8.78 Å². The van der Waals surface area contributed by atoms with Crippen molar-refractivity contribution in [2.75, 3.05) is 11.4 Å². The molecule has 0 N–H and O–H groups in total. The molecule has 1 fully saturated rings. The number of fused-ring (bicyclic) bond motifs is 1. The number of aliphatic imine (C=N–C) groups is 1. The first-order valence-electron chi connectivity index (χ1n) is 11.1. The second-order valence-electron chi connectivity index (χ2n) is 8.36. The van der Waals surface area contributed by atoms with Gasteiger partial charge in [-0.25, -0.2) is 18.7 Å². The SMILES string of the molecule is Fc1ccc(F)c(C2CCCN2c2ccc3ncn(-c4cccc(C5=NC=CC5)c4)c3n2)c1. The van der Waals surface area contributed by atoms with Gasteiger partial charge in [-0.05, 0) is 60.9 Å². The predicted molar refractivity (Wildman–Crippen MR) is 125 cm³/mol. The number of rotatable bonds is 4. The van der Waals surface area contributed by atoms with Gasteiger partial charge in [0.1, 0.15) is 29.3 Å². The van der Waals surface area contributed by atoms with E-state index in [4.69, 9.17) is 4.98 Å². The van der Waals surface area contributed by atoms with Crippen molar-refractivity contribution in [3.05, 3.63) is 96.0 Å². The first kappa shape index (κ1) is 19.8. The van der Waals surface area contributed by atoms with Crippen LogP contribution in [0.25, 0.3) is 16.9 Å². The molecule has 0 aliphatic carbocycles. The van der Waals surface area contributed by atoms with Crippen LogP contribution in [0.3, 0.4) is 0 Å². The lowest BCUT2D eigenvalue weighted by Gasteiger charge is -2.26. The normalized spacial score (nSPS) is 17.8. The van der Waals surface area contributed by atoms with Crippen molar-refractivity contribution < 1.29 is 8.78 Å². The smallest absolute Gasteiger partial charge is 0.166 e. The Morgan fingerprint density at radius 1 is 1.00 bits per heavy atom. The molecule has 4 aromatic rings. The summed E-state index contributed by atoms with van der Waals surface area (Å²) >= 11 is 0. The average molecular weight is 441 g/mol. The lowest BCUT2D eigenvalue weighted by Crippen LogP contribution is -2.24. The van der Waals surface area contributed by atoms with Gasteiger partial charge < -0.3 is 4.90 Å². The first-order valence-corrected chi connectivity index (χ1v) is 11.1. The largest absolute Gasteiger partial charge is 0.349 e. The molecule has 4 heterocycles. The van der Waals surface area contributed by atoms with Crippen molar-refractivity contribution >= 4 is 22.7 Å². The van der Waals surface area contributed by atoms with E-state index in [1.807, 2.05) is 41.1 Å². The Balaban J connectivity index is 1.39. The number of hydrogen-bond donors (Lipinski definition) is 0. The Bertz CT molecular complexity index is 1420. The first-order chi connectivity index (χ1) is 16.2. The Morgan fingerprint density at radius 2 is 1.94 bits per heavy atom. The van der Waals surface area contributed by atoms with Crippen molar-refractivity contribution in [1.82, 2.24) is 14.5 Å². The third-order valence-corrected chi connectivity index (χ3v) is 6.35. The lowest BCUT2D eigenvalue weighted by molar-refractivity contribution is 0.560. The van der Waals surface area contributed by atoms with Gasteiger partial charge in [-0.15, -0.1) is 0 Å². The van der Waals surface area contributed by atoms with Gasteiger partial charge in [-0.3, -0.25) is 9.56 Å². The standard InChI is InChI=1S/C26H21F2N5/c27-18-8-9-21(28)20(15-18)24-7-3-13-32(24)25-11-10-23-26(31-25)33(16-30-23)19-5-1-4-17(14-19)22-6-2-12-29-22/h1-2,4-5,8-12,14-16,24H,3,6-7,13H2. The van der Waals surface area contributed by atoms with E-state index >= 15 is 0 Å². The van der Waals surface area contributed by atoms with Crippen LogP contribution in [-0.2, 0) is 0 Å². The molecule has 0 saturated carbocycles. The molecule has 0 radical (unpaired) electrons. The molecule has 0 spiro atoms. The zero-order valence-electron chi connectivity index (χ0n) is 17.8. The maximum absolute atomic E-state index is 14.5. The van der Waals surface area contributed by atoms with Crippen molar-refractivity contribution in [2.45, 2.75) is 25.3 Å². The molecule has 0 amide bonds. The van der Waals surface area contributed by atoms with E-state index in [1.165, 1.54) is 12.1 Å². The van der Waals surface area contributed by atoms with Gasteiger partial charge in [0, 0.05) is 30.4 Å². The van der Waals surface area contributed by atoms with Crippen LogP contribution < -0.4 is 4.90 Å². The number of halogens is 2. The summed E-state index contributed by atoms with van der Waals surface area (Å²) in [6.45, 7) is 0.732. The van der Waals surface area contributed by atoms with E-state index in [0.29, 0.717) is 5.56 Å².